The molecule has 0 N–H and O–H groups in total. The smallest absolute Gasteiger partial charge is 0.202 e. The number of halogens is 1. The number of rotatable bonds is 2. The SMILES string of the molecule is Cc1ccc(C(=O)c2ccc(Cl)c(C)c2)s1. The molecule has 0 unspecified atom stereocenters. The van der Waals surface area contributed by atoms with Gasteiger partial charge >= 0.3 is 0 Å². The maximum Gasteiger partial charge on any atom is 0.202 e. The van der Waals surface area contributed by atoms with Crippen LogP contribution < -0.4 is 0 Å². The molecule has 3 heteroatoms. The van der Waals surface area contributed by atoms with E-state index in [1.807, 2.05) is 32.0 Å². The average Bonchev–Trinajstić information content (AvgIpc) is 2.68. The zero-order chi connectivity index (χ0) is 11.7. The van der Waals surface area contributed by atoms with E-state index >= 15 is 0 Å². The zero-order valence-electron chi connectivity index (χ0n) is 9.08. The van der Waals surface area contributed by atoms with Crippen molar-refractivity contribution in [1.82, 2.24) is 0 Å². The van der Waals surface area contributed by atoms with Crippen LogP contribution in [0.1, 0.15) is 25.7 Å². The first-order chi connectivity index (χ1) is 7.58. The van der Waals surface area contributed by atoms with E-state index < -0.39 is 0 Å². The van der Waals surface area contributed by atoms with Crippen LogP contribution in [-0.2, 0) is 0 Å². The van der Waals surface area contributed by atoms with Crippen molar-refractivity contribution in [2.45, 2.75) is 13.8 Å². The van der Waals surface area contributed by atoms with Gasteiger partial charge in [-0.3, -0.25) is 4.79 Å². The van der Waals surface area contributed by atoms with Gasteiger partial charge in [0.1, 0.15) is 0 Å². The van der Waals surface area contributed by atoms with Crippen LogP contribution in [0.15, 0.2) is 30.3 Å². The van der Waals surface area contributed by atoms with E-state index in [1.54, 1.807) is 12.1 Å². The van der Waals surface area contributed by atoms with Gasteiger partial charge in [0, 0.05) is 15.5 Å². The van der Waals surface area contributed by atoms with Crippen LogP contribution in [0.5, 0.6) is 0 Å². The van der Waals surface area contributed by atoms with E-state index in [1.165, 1.54) is 11.3 Å². The van der Waals surface area contributed by atoms with E-state index in [4.69, 9.17) is 11.6 Å². The molecule has 1 aromatic heterocycles. The molecule has 0 saturated heterocycles. The highest BCUT2D eigenvalue weighted by atomic mass is 35.5. The second-order valence-electron chi connectivity index (χ2n) is 3.70. The lowest BCUT2D eigenvalue weighted by molar-refractivity contribution is 0.104. The molecule has 0 spiro atoms. The summed E-state index contributed by atoms with van der Waals surface area (Å²) in [5.41, 5.74) is 1.63. The Morgan fingerprint density at radius 2 is 1.94 bits per heavy atom. The minimum atomic E-state index is 0.0675. The number of benzene rings is 1. The molecule has 1 aromatic carbocycles. The Kier molecular flexibility index (Phi) is 3.13. The first-order valence-electron chi connectivity index (χ1n) is 4.95. The molecule has 1 nitrogen and oxygen atoms in total. The molecule has 0 aliphatic heterocycles. The van der Waals surface area contributed by atoms with Crippen LogP contribution in [0, 0.1) is 13.8 Å². The molecular weight excluding hydrogens is 240 g/mol. The highest BCUT2D eigenvalue weighted by Crippen LogP contribution is 2.22. The molecule has 0 bridgehead atoms. The van der Waals surface area contributed by atoms with E-state index in [0.29, 0.717) is 10.6 Å². The number of hydrogen-bond donors (Lipinski definition) is 0. The monoisotopic (exact) mass is 250 g/mol. The Morgan fingerprint density at radius 1 is 1.19 bits per heavy atom. The number of carbonyl (C=O) groups is 1. The summed E-state index contributed by atoms with van der Waals surface area (Å²) in [4.78, 5) is 14.0. The van der Waals surface area contributed by atoms with Crippen LogP contribution in [-0.4, -0.2) is 5.78 Å². The molecule has 0 saturated carbocycles. The van der Waals surface area contributed by atoms with Gasteiger partial charge in [0.15, 0.2) is 0 Å². The van der Waals surface area contributed by atoms with Crippen molar-refractivity contribution in [2.75, 3.05) is 0 Å². The van der Waals surface area contributed by atoms with Gasteiger partial charge in [-0.05, 0) is 49.7 Å². The van der Waals surface area contributed by atoms with Gasteiger partial charge in [0.25, 0.3) is 0 Å². The third-order valence-electron chi connectivity index (χ3n) is 2.38. The molecule has 2 rings (SSSR count). The number of thiophene rings is 1. The maximum absolute atomic E-state index is 12.1. The number of ketones is 1. The molecule has 0 fully saturated rings. The van der Waals surface area contributed by atoms with Gasteiger partial charge < -0.3 is 0 Å². The quantitative estimate of drug-likeness (QED) is 0.729. The Morgan fingerprint density at radius 3 is 2.50 bits per heavy atom. The highest BCUT2D eigenvalue weighted by molar-refractivity contribution is 7.14. The van der Waals surface area contributed by atoms with Gasteiger partial charge in [0.2, 0.25) is 5.78 Å². The van der Waals surface area contributed by atoms with Gasteiger partial charge in [-0.15, -0.1) is 11.3 Å². The lowest BCUT2D eigenvalue weighted by atomic mass is 10.1. The number of carbonyl (C=O) groups excluding carboxylic acids is 1. The predicted molar refractivity (Wildman–Crippen MR) is 68.7 cm³/mol. The zero-order valence-corrected chi connectivity index (χ0v) is 10.7. The minimum absolute atomic E-state index is 0.0675. The van der Waals surface area contributed by atoms with Crippen molar-refractivity contribution < 1.29 is 4.79 Å². The second-order valence-corrected chi connectivity index (χ2v) is 5.40. The summed E-state index contributed by atoms with van der Waals surface area (Å²) in [7, 11) is 0. The fourth-order valence-corrected chi connectivity index (χ4v) is 2.43. The molecule has 0 aliphatic rings. The third-order valence-corrected chi connectivity index (χ3v) is 3.81. The molecule has 0 amide bonds. The van der Waals surface area contributed by atoms with Crippen LogP contribution in [0.4, 0.5) is 0 Å². The first kappa shape index (κ1) is 11.4. The molecular formula is C13H11ClOS. The summed E-state index contributed by atoms with van der Waals surface area (Å²) >= 11 is 7.44. The van der Waals surface area contributed by atoms with E-state index in [9.17, 15) is 4.79 Å². The summed E-state index contributed by atoms with van der Waals surface area (Å²) in [6, 6.07) is 9.20. The Bertz CT molecular complexity index is 543. The van der Waals surface area contributed by atoms with Crippen LogP contribution in [0.2, 0.25) is 5.02 Å². The summed E-state index contributed by atoms with van der Waals surface area (Å²) in [5.74, 6) is 0.0675. The molecule has 0 atom stereocenters. The summed E-state index contributed by atoms with van der Waals surface area (Å²) in [6.45, 7) is 3.90. The Balaban J connectivity index is 2.38. The molecule has 82 valence electrons. The number of hydrogen-bond acceptors (Lipinski definition) is 2. The van der Waals surface area contributed by atoms with Crippen molar-refractivity contribution >= 4 is 28.7 Å². The Hall–Kier alpha value is -1.12. The van der Waals surface area contributed by atoms with E-state index in [-0.39, 0.29) is 5.78 Å². The lowest BCUT2D eigenvalue weighted by Crippen LogP contribution is -1.98. The molecule has 16 heavy (non-hydrogen) atoms. The number of aryl methyl sites for hydroxylation is 2. The highest BCUT2D eigenvalue weighted by Gasteiger charge is 2.11. The third kappa shape index (κ3) is 2.18. The normalized spacial score (nSPS) is 10.4. The van der Waals surface area contributed by atoms with Gasteiger partial charge in [-0.25, -0.2) is 0 Å². The lowest BCUT2D eigenvalue weighted by Gasteiger charge is -2.01. The summed E-state index contributed by atoms with van der Waals surface area (Å²) in [5, 5.41) is 0.693. The first-order valence-corrected chi connectivity index (χ1v) is 6.14. The van der Waals surface area contributed by atoms with E-state index in [2.05, 4.69) is 0 Å². The van der Waals surface area contributed by atoms with Crippen LogP contribution in [0.25, 0.3) is 0 Å². The fourth-order valence-electron chi connectivity index (χ4n) is 1.48. The molecule has 0 radical (unpaired) electrons. The largest absolute Gasteiger partial charge is 0.288 e. The maximum atomic E-state index is 12.1. The van der Waals surface area contributed by atoms with Crippen LogP contribution in [0.3, 0.4) is 0 Å². The van der Waals surface area contributed by atoms with E-state index in [0.717, 1.165) is 15.3 Å². The Labute approximate surface area is 104 Å². The fraction of sp³-hybridized carbons (Fsp3) is 0.154. The molecule has 2 aromatic rings. The standard InChI is InChI=1S/C13H11ClOS/c1-8-7-10(4-5-11(8)14)13(15)12-6-3-9(2)16-12/h3-7H,1-2H3. The van der Waals surface area contributed by atoms with Crippen molar-refractivity contribution in [3.63, 3.8) is 0 Å². The van der Waals surface area contributed by atoms with Gasteiger partial charge in [-0.1, -0.05) is 11.6 Å². The van der Waals surface area contributed by atoms with Crippen molar-refractivity contribution in [3.05, 3.63) is 56.2 Å². The summed E-state index contributed by atoms with van der Waals surface area (Å²) < 4.78 is 0. The average molecular weight is 251 g/mol. The van der Waals surface area contributed by atoms with Gasteiger partial charge in [0.05, 0.1) is 4.88 Å². The second kappa shape index (κ2) is 4.40. The topological polar surface area (TPSA) is 17.1 Å². The van der Waals surface area contributed by atoms with Crippen LogP contribution >= 0.6 is 22.9 Å². The molecule has 1 heterocycles. The van der Waals surface area contributed by atoms with Gasteiger partial charge in [-0.2, -0.15) is 0 Å². The van der Waals surface area contributed by atoms with Crippen molar-refractivity contribution in [1.29, 1.82) is 0 Å². The minimum Gasteiger partial charge on any atom is -0.288 e. The summed E-state index contributed by atoms with van der Waals surface area (Å²) in [6.07, 6.45) is 0. The molecule has 0 aliphatic carbocycles. The van der Waals surface area contributed by atoms with Crippen molar-refractivity contribution in [2.24, 2.45) is 0 Å². The van der Waals surface area contributed by atoms with Crippen molar-refractivity contribution in [3.8, 4) is 0 Å². The predicted octanol–water partition coefficient (Wildman–Crippen LogP) is 4.25.